The maximum atomic E-state index is 11.5. The molecule has 5 heteroatoms. The first-order chi connectivity index (χ1) is 6.86. The van der Waals surface area contributed by atoms with Gasteiger partial charge in [-0.2, -0.15) is 0 Å². The monoisotopic (exact) mass is 201 g/mol. The van der Waals surface area contributed by atoms with E-state index < -0.39 is 0 Å². The third-order valence-electron chi connectivity index (χ3n) is 2.39. The molecule has 0 radical (unpaired) electrons. The van der Waals surface area contributed by atoms with Gasteiger partial charge in [-0.15, -0.1) is 0 Å². The van der Waals surface area contributed by atoms with Gasteiger partial charge in [0.25, 0.3) is 0 Å². The largest absolute Gasteiger partial charge is 0.419 e. The highest BCUT2D eigenvalue weighted by Crippen LogP contribution is 2.14. The van der Waals surface area contributed by atoms with Gasteiger partial charge in [-0.1, -0.05) is 0 Å². The number of hydrogen-bond acceptors (Lipinski definition) is 4. The van der Waals surface area contributed by atoms with E-state index >= 15 is 0 Å². The molecule has 0 spiro atoms. The highest BCUT2D eigenvalue weighted by atomic mass is 16.7. The topological polar surface area (TPSA) is 48.0 Å². The van der Waals surface area contributed by atoms with Gasteiger partial charge < -0.3 is 19.1 Å². The summed E-state index contributed by atoms with van der Waals surface area (Å²) in [5.74, 6) is 0. The molecule has 2 aliphatic heterocycles. The van der Waals surface area contributed by atoms with Crippen LogP contribution in [0.3, 0.4) is 0 Å². The summed E-state index contributed by atoms with van der Waals surface area (Å²) < 4.78 is 15.5. The quantitative estimate of drug-likeness (QED) is 0.623. The Balaban J connectivity index is 1.75. The molecule has 5 nitrogen and oxygen atoms in total. The Hall–Kier alpha value is -0.810. The number of amides is 1. The Labute approximate surface area is 82.9 Å². The van der Waals surface area contributed by atoms with E-state index in [9.17, 15) is 4.79 Å². The van der Waals surface area contributed by atoms with Crippen molar-refractivity contribution in [2.24, 2.45) is 0 Å². The smallest absolute Gasteiger partial charge is 0.412 e. The van der Waals surface area contributed by atoms with Gasteiger partial charge in [-0.3, -0.25) is 0 Å². The third-order valence-corrected chi connectivity index (χ3v) is 2.39. The van der Waals surface area contributed by atoms with E-state index in [1.165, 1.54) is 0 Å². The minimum Gasteiger partial charge on any atom is -0.419 e. The lowest BCUT2D eigenvalue weighted by Crippen LogP contribution is -2.42. The zero-order chi connectivity index (χ0) is 9.80. The van der Waals surface area contributed by atoms with Crippen molar-refractivity contribution in [1.29, 1.82) is 0 Å². The summed E-state index contributed by atoms with van der Waals surface area (Å²) in [6.45, 7) is 3.12. The van der Waals surface area contributed by atoms with E-state index in [2.05, 4.69) is 0 Å². The van der Waals surface area contributed by atoms with Crippen LogP contribution in [-0.2, 0) is 14.2 Å². The van der Waals surface area contributed by atoms with E-state index in [-0.39, 0.29) is 12.4 Å². The molecule has 0 N–H and O–H groups in total. The fourth-order valence-electron chi connectivity index (χ4n) is 1.57. The van der Waals surface area contributed by atoms with Gasteiger partial charge in [0.1, 0.15) is 0 Å². The first kappa shape index (κ1) is 9.73. The summed E-state index contributed by atoms with van der Waals surface area (Å²) >= 11 is 0. The number of carbonyl (C=O) groups excluding carboxylic acids is 1. The van der Waals surface area contributed by atoms with E-state index in [0.717, 1.165) is 12.8 Å². The maximum Gasteiger partial charge on any atom is 0.412 e. The highest BCUT2D eigenvalue weighted by Gasteiger charge is 2.24. The fraction of sp³-hybridized carbons (Fsp3) is 0.889. The van der Waals surface area contributed by atoms with E-state index in [1.54, 1.807) is 4.90 Å². The molecule has 2 fully saturated rings. The lowest BCUT2D eigenvalue weighted by Gasteiger charge is -2.27. The summed E-state index contributed by atoms with van der Waals surface area (Å²) in [5.41, 5.74) is 0. The molecule has 1 unspecified atom stereocenters. The molecule has 80 valence electrons. The molecule has 2 saturated heterocycles. The van der Waals surface area contributed by atoms with Gasteiger partial charge in [0.05, 0.1) is 19.8 Å². The number of rotatable bonds is 1. The van der Waals surface area contributed by atoms with Crippen LogP contribution in [0, 0.1) is 0 Å². The average molecular weight is 201 g/mol. The molecule has 0 aromatic rings. The van der Waals surface area contributed by atoms with Gasteiger partial charge >= 0.3 is 6.09 Å². The minimum absolute atomic E-state index is 0.278. The normalized spacial score (nSPS) is 27.7. The standard InChI is InChI=1S/C9H15NO4/c11-9(10-3-6-12-7-4-10)14-8-2-1-5-13-8/h8H,1-7H2. The molecule has 1 amide bonds. The van der Waals surface area contributed by atoms with Crippen LogP contribution in [0.4, 0.5) is 4.79 Å². The molecule has 0 bridgehead atoms. The summed E-state index contributed by atoms with van der Waals surface area (Å²) in [7, 11) is 0. The molecule has 1 atom stereocenters. The molecule has 0 aromatic carbocycles. The molecule has 2 heterocycles. The molecular formula is C9H15NO4. The Kier molecular flexibility index (Phi) is 3.21. The minimum atomic E-state index is -0.328. The first-order valence-electron chi connectivity index (χ1n) is 5.01. The van der Waals surface area contributed by atoms with Crippen LogP contribution in [0.15, 0.2) is 0 Å². The van der Waals surface area contributed by atoms with Crippen LogP contribution < -0.4 is 0 Å². The van der Waals surface area contributed by atoms with Crippen molar-refractivity contribution in [2.75, 3.05) is 32.9 Å². The maximum absolute atomic E-state index is 11.5. The Morgan fingerprint density at radius 2 is 2.07 bits per heavy atom. The second kappa shape index (κ2) is 4.61. The summed E-state index contributed by atoms with van der Waals surface area (Å²) in [4.78, 5) is 13.2. The van der Waals surface area contributed by atoms with Crippen LogP contribution in [0.5, 0.6) is 0 Å². The second-order valence-corrected chi connectivity index (χ2v) is 3.43. The van der Waals surface area contributed by atoms with Gasteiger partial charge in [0, 0.05) is 19.5 Å². The van der Waals surface area contributed by atoms with Crippen LogP contribution in [-0.4, -0.2) is 50.2 Å². The van der Waals surface area contributed by atoms with E-state index in [0.29, 0.717) is 32.9 Å². The van der Waals surface area contributed by atoms with Crippen molar-refractivity contribution in [2.45, 2.75) is 19.1 Å². The summed E-state index contributed by atoms with van der Waals surface area (Å²) in [6, 6.07) is 0. The van der Waals surface area contributed by atoms with Crippen LogP contribution in [0.25, 0.3) is 0 Å². The van der Waals surface area contributed by atoms with Gasteiger partial charge in [-0.05, 0) is 6.42 Å². The van der Waals surface area contributed by atoms with Crippen molar-refractivity contribution in [3.05, 3.63) is 0 Å². The third kappa shape index (κ3) is 2.36. The van der Waals surface area contributed by atoms with Crippen molar-refractivity contribution in [1.82, 2.24) is 4.90 Å². The van der Waals surface area contributed by atoms with Gasteiger partial charge in [0.15, 0.2) is 0 Å². The Morgan fingerprint density at radius 3 is 2.71 bits per heavy atom. The molecule has 14 heavy (non-hydrogen) atoms. The molecule has 2 rings (SSSR count). The van der Waals surface area contributed by atoms with Crippen molar-refractivity contribution in [3.63, 3.8) is 0 Å². The van der Waals surface area contributed by atoms with Crippen molar-refractivity contribution >= 4 is 6.09 Å². The molecule has 0 aromatic heterocycles. The number of morpholine rings is 1. The van der Waals surface area contributed by atoms with Gasteiger partial charge in [0.2, 0.25) is 6.29 Å². The number of ether oxygens (including phenoxy) is 3. The number of carbonyl (C=O) groups is 1. The van der Waals surface area contributed by atoms with E-state index in [4.69, 9.17) is 14.2 Å². The average Bonchev–Trinajstić information content (AvgIpc) is 2.72. The van der Waals surface area contributed by atoms with Crippen LogP contribution in [0.2, 0.25) is 0 Å². The predicted octanol–water partition coefficient (Wildman–Crippen LogP) is 0.592. The van der Waals surface area contributed by atoms with Crippen molar-refractivity contribution in [3.8, 4) is 0 Å². The lowest BCUT2D eigenvalue weighted by molar-refractivity contribution is -0.0841. The zero-order valence-corrected chi connectivity index (χ0v) is 8.11. The van der Waals surface area contributed by atoms with E-state index in [1.807, 2.05) is 0 Å². The SMILES string of the molecule is O=C(OC1CCCO1)N1CCOCC1. The zero-order valence-electron chi connectivity index (χ0n) is 8.11. The number of hydrogen-bond donors (Lipinski definition) is 0. The highest BCUT2D eigenvalue weighted by molar-refractivity contribution is 5.67. The fourth-order valence-corrected chi connectivity index (χ4v) is 1.57. The molecule has 2 aliphatic rings. The number of nitrogens with zero attached hydrogens (tertiary/aromatic N) is 1. The summed E-state index contributed by atoms with van der Waals surface area (Å²) in [6.07, 6.45) is 1.18. The molecule has 0 saturated carbocycles. The summed E-state index contributed by atoms with van der Waals surface area (Å²) in [5, 5.41) is 0. The molecule has 0 aliphatic carbocycles. The predicted molar refractivity (Wildman–Crippen MR) is 47.8 cm³/mol. The van der Waals surface area contributed by atoms with Gasteiger partial charge in [-0.25, -0.2) is 4.79 Å². The second-order valence-electron chi connectivity index (χ2n) is 3.43. The van der Waals surface area contributed by atoms with Crippen molar-refractivity contribution < 1.29 is 19.0 Å². The lowest BCUT2D eigenvalue weighted by atomic mass is 10.4. The first-order valence-corrected chi connectivity index (χ1v) is 5.01. The Morgan fingerprint density at radius 1 is 1.29 bits per heavy atom. The Bertz CT molecular complexity index is 197. The van der Waals surface area contributed by atoms with Crippen LogP contribution in [0.1, 0.15) is 12.8 Å². The molecular weight excluding hydrogens is 186 g/mol. The van der Waals surface area contributed by atoms with Crippen LogP contribution >= 0.6 is 0 Å².